The number of hydrogen-bond acceptors (Lipinski definition) is 6. The normalized spacial score (nSPS) is 11.8. The number of anilines is 1. The topological polar surface area (TPSA) is 111 Å². The van der Waals surface area contributed by atoms with Crippen LogP contribution in [-0.2, 0) is 14.3 Å². The molecule has 0 fully saturated rings. The summed E-state index contributed by atoms with van der Waals surface area (Å²) in [7, 11) is 0. The van der Waals surface area contributed by atoms with E-state index in [0.717, 1.165) is 17.0 Å². The van der Waals surface area contributed by atoms with Gasteiger partial charge in [-0.25, -0.2) is 9.78 Å². The van der Waals surface area contributed by atoms with Gasteiger partial charge in [0.15, 0.2) is 0 Å². The minimum absolute atomic E-state index is 0.0204. The number of nitro benzene ring substituents is 1. The van der Waals surface area contributed by atoms with Gasteiger partial charge in [-0.05, 0) is 24.3 Å². The fourth-order valence-corrected chi connectivity index (χ4v) is 3.52. The van der Waals surface area contributed by atoms with Gasteiger partial charge in [0.1, 0.15) is 0 Å². The van der Waals surface area contributed by atoms with Gasteiger partial charge in [-0.2, -0.15) is 0 Å². The lowest BCUT2D eigenvalue weighted by Crippen LogP contribution is -2.25. The van der Waals surface area contributed by atoms with Crippen LogP contribution in [0.25, 0.3) is 17.0 Å². The Morgan fingerprint density at radius 2 is 1.74 bits per heavy atom. The molecule has 1 heterocycles. The molecule has 9 heteroatoms. The van der Waals surface area contributed by atoms with Crippen molar-refractivity contribution in [3.8, 4) is 0 Å². The van der Waals surface area contributed by atoms with Gasteiger partial charge in [-0.3, -0.25) is 14.9 Å². The fourth-order valence-electron chi connectivity index (χ4n) is 3.30. The molecular weight excluding hydrogens is 470 g/mol. The second-order valence-electron chi connectivity index (χ2n) is 7.40. The summed E-state index contributed by atoms with van der Waals surface area (Å²) in [4.78, 5) is 40.4. The van der Waals surface area contributed by atoms with Gasteiger partial charge in [0.2, 0.25) is 6.10 Å². The van der Waals surface area contributed by atoms with Crippen molar-refractivity contribution in [2.75, 3.05) is 5.32 Å². The fraction of sp³-hybridized carbons (Fsp3) is 0.0385. The van der Waals surface area contributed by atoms with E-state index < -0.39 is 22.9 Å². The third-order valence-electron chi connectivity index (χ3n) is 5.01. The number of carbonyl (C=O) groups is 2. The molecule has 1 amide bonds. The summed E-state index contributed by atoms with van der Waals surface area (Å²) in [6.07, 6.45) is 1.41. The molecule has 0 bridgehead atoms. The zero-order valence-electron chi connectivity index (χ0n) is 18.1. The van der Waals surface area contributed by atoms with E-state index in [1.807, 2.05) is 30.3 Å². The van der Waals surface area contributed by atoms with Crippen molar-refractivity contribution in [2.45, 2.75) is 6.10 Å². The molecule has 3 aromatic carbocycles. The third kappa shape index (κ3) is 5.87. The number of nitro groups is 1. The van der Waals surface area contributed by atoms with Crippen LogP contribution >= 0.6 is 11.6 Å². The molecule has 174 valence electrons. The van der Waals surface area contributed by atoms with Crippen LogP contribution in [0.2, 0.25) is 5.02 Å². The first-order chi connectivity index (χ1) is 16.9. The highest BCUT2D eigenvalue weighted by Gasteiger charge is 2.25. The van der Waals surface area contributed by atoms with Crippen LogP contribution in [0.4, 0.5) is 11.4 Å². The number of esters is 1. The summed E-state index contributed by atoms with van der Waals surface area (Å²) in [5, 5.41) is 14.4. The number of nitrogens with one attached hydrogen (secondary N) is 1. The van der Waals surface area contributed by atoms with E-state index in [-0.39, 0.29) is 16.4 Å². The molecule has 4 aromatic rings. The van der Waals surface area contributed by atoms with E-state index in [4.69, 9.17) is 16.3 Å². The Hall–Kier alpha value is -4.56. The van der Waals surface area contributed by atoms with Crippen LogP contribution in [0.3, 0.4) is 0 Å². The molecule has 0 radical (unpaired) electrons. The molecule has 1 aromatic heterocycles. The first-order valence-electron chi connectivity index (χ1n) is 10.4. The predicted octanol–water partition coefficient (Wildman–Crippen LogP) is 5.73. The van der Waals surface area contributed by atoms with E-state index in [0.29, 0.717) is 11.3 Å². The highest BCUT2D eigenvalue weighted by atomic mass is 35.5. The van der Waals surface area contributed by atoms with Crippen molar-refractivity contribution >= 4 is 51.8 Å². The minimum Gasteiger partial charge on any atom is -0.444 e. The zero-order valence-corrected chi connectivity index (χ0v) is 18.9. The predicted molar refractivity (Wildman–Crippen MR) is 133 cm³/mol. The average molecular weight is 488 g/mol. The Morgan fingerprint density at radius 3 is 2.49 bits per heavy atom. The van der Waals surface area contributed by atoms with Crippen LogP contribution in [-0.4, -0.2) is 21.8 Å². The van der Waals surface area contributed by atoms with E-state index in [1.54, 1.807) is 36.4 Å². The van der Waals surface area contributed by atoms with Gasteiger partial charge >= 0.3 is 5.97 Å². The number of carbonyl (C=O) groups excluding carboxylic acids is 2. The van der Waals surface area contributed by atoms with E-state index >= 15 is 0 Å². The SMILES string of the molecule is O=C(/C=C/c1ccc2ccccc2n1)OC(C(=O)Nc1ccc([N+](=O)[O-])cc1Cl)c1ccccc1. The average Bonchev–Trinajstić information content (AvgIpc) is 2.87. The first-order valence-corrected chi connectivity index (χ1v) is 10.8. The van der Waals surface area contributed by atoms with Crippen molar-refractivity contribution in [2.24, 2.45) is 0 Å². The molecule has 1 N–H and O–H groups in total. The van der Waals surface area contributed by atoms with E-state index in [2.05, 4.69) is 10.3 Å². The maximum Gasteiger partial charge on any atom is 0.331 e. The maximum atomic E-state index is 13.0. The number of para-hydroxylation sites is 1. The van der Waals surface area contributed by atoms with Crippen molar-refractivity contribution < 1.29 is 19.2 Å². The molecule has 0 aliphatic rings. The number of halogens is 1. The Kier molecular flexibility index (Phi) is 7.13. The van der Waals surface area contributed by atoms with Gasteiger partial charge < -0.3 is 10.1 Å². The zero-order chi connectivity index (χ0) is 24.8. The van der Waals surface area contributed by atoms with Crippen molar-refractivity contribution in [3.63, 3.8) is 0 Å². The van der Waals surface area contributed by atoms with Crippen molar-refractivity contribution in [3.05, 3.63) is 117 Å². The lowest BCUT2D eigenvalue weighted by atomic mass is 10.1. The highest BCUT2D eigenvalue weighted by molar-refractivity contribution is 6.34. The molecule has 0 spiro atoms. The standard InChI is InChI=1S/C26H18ClN3O5/c27-21-16-20(30(33)34)13-14-23(21)29-26(32)25(18-7-2-1-3-8-18)35-24(31)15-12-19-11-10-17-6-4-5-9-22(17)28-19/h1-16,25H,(H,29,32)/b15-12+. The molecule has 0 saturated carbocycles. The molecule has 4 rings (SSSR count). The summed E-state index contributed by atoms with van der Waals surface area (Å²) in [5.41, 5.74) is 1.71. The summed E-state index contributed by atoms with van der Waals surface area (Å²) >= 11 is 6.09. The Labute approximate surface area is 205 Å². The third-order valence-corrected chi connectivity index (χ3v) is 5.32. The highest BCUT2D eigenvalue weighted by Crippen LogP contribution is 2.28. The van der Waals surface area contributed by atoms with Gasteiger partial charge in [-0.15, -0.1) is 0 Å². The van der Waals surface area contributed by atoms with E-state index in [9.17, 15) is 19.7 Å². The largest absolute Gasteiger partial charge is 0.444 e. The molecule has 1 unspecified atom stereocenters. The summed E-state index contributed by atoms with van der Waals surface area (Å²) in [6.45, 7) is 0. The summed E-state index contributed by atoms with van der Waals surface area (Å²) < 4.78 is 5.46. The quantitative estimate of drug-likeness (QED) is 0.154. The lowest BCUT2D eigenvalue weighted by Gasteiger charge is -2.17. The Bertz CT molecular complexity index is 1440. The Morgan fingerprint density at radius 1 is 1.00 bits per heavy atom. The summed E-state index contributed by atoms with van der Waals surface area (Å²) in [5.74, 6) is -1.42. The smallest absolute Gasteiger partial charge is 0.331 e. The second kappa shape index (κ2) is 10.6. The lowest BCUT2D eigenvalue weighted by molar-refractivity contribution is -0.384. The number of amides is 1. The number of ether oxygens (including phenoxy) is 1. The molecule has 1 atom stereocenters. The van der Waals surface area contributed by atoms with Gasteiger partial charge in [0.25, 0.3) is 11.6 Å². The van der Waals surface area contributed by atoms with Crippen LogP contribution < -0.4 is 5.32 Å². The Balaban J connectivity index is 1.52. The molecule has 35 heavy (non-hydrogen) atoms. The van der Waals surface area contributed by atoms with Gasteiger partial charge in [0, 0.05) is 29.2 Å². The maximum absolute atomic E-state index is 13.0. The minimum atomic E-state index is -1.29. The monoisotopic (exact) mass is 487 g/mol. The number of nitrogens with zero attached hydrogens (tertiary/aromatic N) is 2. The van der Waals surface area contributed by atoms with Crippen molar-refractivity contribution in [1.29, 1.82) is 0 Å². The van der Waals surface area contributed by atoms with Crippen LogP contribution in [0.15, 0.2) is 91.0 Å². The van der Waals surface area contributed by atoms with Crippen molar-refractivity contribution in [1.82, 2.24) is 4.98 Å². The number of pyridine rings is 1. The molecule has 8 nitrogen and oxygen atoms in total. The van der Waals surface area contributed by atoms with Crippen LogP contribution in [0.5, 0.6) is 0 Å². The number of aromatic nitrogens is 1. The molecule has 0 saturated heterocycles. The van der Waals surface area contributed by atoms with Crippen LogP contribution in [0.1, 0.15) is 17.4 Å². The number of rotatable bonds is 7. The number of non-ortho nitro benzene ring substituents is 1. The number of benzene rings is 3. The number of fused-ring (bicyclic) bond motifs is 1. The number of hydrogen-bond donors (Lipinski definition) is 1. The first kappa shape index (κ1) is 23.6. The molecule has 0 aliphatic heterocycles. The van der Waals surface area contributed by atoms with Gasteiger partial charge in [0.05, 0.1) is 26.8 Å². The van der Waals surface area contributed by atoms with Gasteiger partial charge in [-0.1, -0.05) is 66.2 Å². The second-order valence-corrected chi connectivity index (χ2v) is 7.81. The summed E-state index contributed by atoms with van der Waals surface area (Å²) in [6, 6.07) is 23.4. The van der Waals surface area contributed by atoms with E-state index in [1.165, 1.54) is 24.3 Å². The molecular formula is C26H18ClN3O5. The van der Waals surface area contributed by atoms with Crippen LogP contribution in [0, 0.1) is 10.1 Å². The molecule has 0 aliphatic carbocycles.